The smallest absolute Gasteiger partial charge is 0.354 e. The van der Waals surface area contributed by atoms with Gasteiger partial charge in [0.15, 0.2) is 8.32 Å². The van der Waals surface area contributed by atoms with Gasteiger partial charge >= 0.3 is 5.97 Å². The molecule has 4 rings (SSSR count). The predicted molar refractivity (Wildman–Crippen MR) is 200 cm³/mol. The molecule has 0 radical (unpaired) electrons. The Labute approximate surface area is 297 Å². The van der Waals surface area contributed by atoms with Crippen LogP contribution in [0.3, 0.4) is 0 Å². The fourth-order valence-corrected chi connectivity index (χ4v) is 7.36. The van der Waals surface area contributed by atoms with Gasteiger partial charge in [-0.25, -0.2) is 4.79 Å². The van der Waals surface area contributed by atoms with Gasteiger partial charge in [-0.3, -0.25) is 4.68 Å². The highest BCUT2D eigenvalue weighted by atomic mass is 35.5. The zero-order valence-corrected chi connectivity index (χ0v) is 32.8. The maximum Gasteiger partial charge on any atom is 0.354 e. The average Bonchev–Trinajstić information content (AvgIpc) is 3.53. The molecule has 0 atom stereocenters. The minimum Gasteiger partial charge on any atom is -0.497 e. The summed E-state index contributed by atoms with van der Waals surface area (Å²) in [5.74, 6) is 0.437. The van der Waals surface area contributed by atoms with Crippen molar-refractivity contribution < 1.29 is 28.2 Å². The number of methoxy groups -OCH3 is 3. The first-order valence-electron chi connectivity index (χ1n) is 17.1. The molecule has 0 unspecified atom stereocenters. The topological polar surface area (TPSA) is 86.0 Å². The van der Waals surface area contributed by atoms with Crippen LogP contribution in [-0.4, -0.2) is 69.8 Å². The molecule has 0 aliphatic rings. The van der Waals surface area contributed by atoms with Crippen LogP contribution in [0, 0.1) is 13.8 Å². The van der Waals surface area contributed by atoms with Crippen molar-refractivity contribution in [1.82, 2.24) is 14.3 Å². The van der Waals surface area contributed by atoms with E-state index >= 15 is 0 Å². The number of aryl methyl sites for hydroxylation is 3. The molecule has 4 aromatic rings. The van der Waals surface area contributed by atoms with E-state index in [0.29, 0.717) is 63.1 Å². The van der Waals surface area contributed by atoms with Crippen molar-refractivity contribution in [3.63, 3.8) is 0 Å². The molecule has 11 heteroatoms. The van der Waals surface area contributed by atoms with Gasteiger partial charge in [-0.2, -0.15) is 5.10 Å². The van der Waals surface area contributed by atoms with E-state index in [1.807, 2.05) is 48.0 Å². The molecular formula is C38H54ClN3O6Si. The summed E-state index contributed by atoms with van der Waals surface area (Å²) in [6, 6.07) is 11.8. The van der Waals surface area contributed by atoms with Gasteiger partial charge in [-0.1, -0.05) is 50.6 Å². The Hall–Kier alpha value is -3.15. The number of ether oxygens (including phenoxy) is 4. The van der Waals surface area contributed by atoms with Crippen molar-refractivity contribution in [1.29, 1.82) is 0 Å². The molecule has 0 spiro atoms. The largest absolute Gasteiger partial charge is 0.497 e. The Bertz CT molecular complexity index is 1720. The van der Waals surface area contributed by atoms with E-state index in [1.54, 1.807) is 14.2 Å². The third-order valence-corrected chi connectivity index (χ3v) is 14.6. The van der Waals surface area contributed by atoms with Crippen LogP contribution in [-0.2, 0) is 44.8 Å². The fraction of sp³-hybridized carbons (Fsp3) is 0.526. The third kappa shape index (κ3) is 8.78. The van der Waals surface area contributed by atoms with Crippen LogP contribution in [0.25, 0.3) is 22.0 Å². The number of nitrogens with zero attached hydrogens (tertiary/aromatic N) is 3. The van der Waals surface area contributed by atoms with E-state index in [1.165, 1.54) is 7.11 Å². The van der Waals surface area contributed by atoms with Crippen LogP contribution in [0.15, 0.2) is 36.4 Å². The maximum atomic E-state index is 13.7. The molecule has 0 amide bonds. The molecule has 9 nitrogen and oxygen atoms in total. The lowest BCUT2D eigenvalue weighted by Gasteiger charge is -2.36. The SMILES string of the molecule is COCCn1nc(C)c(-c2c(Cl)ccc3c(CCCO[Si](C)(C)C(C)(C)C)c(C(=O)OC)n(CCCOCc4ccc(OC)cc4)c23)c1C. The monoisotopic (exact) mass is 711 g/mol. The molecule has 0 N–H and O–H groups in total. The summed E-state index contributed by atoms with van der Waals surface area (Å²) < 4.78 is 32.7. The van der Waals surface area contributed by atoms with Gasteiger partial charge in [0, 0.05) is 49.1 Å². The van der Waals surface area contributed by atoms with Crippen LogP contribution in [0.4, 0.5) is 0 Å². The predicted octanol–water partition coefficient (Wildman–Crippen LogP) is 8.78. The van der Waals surface area contributed by atoms with Crippen LogP contribution >= 0.6 is 11.6 Å². The number of aromatic nitrogens is 3. The van der Waals surface area contributed by atoms with Crippen molar-refractivity contribution in [3.8, 4) is 16.9 Å². The zero-order chi connectivity index (χ0) is 35.9. The third-order valence-electron chi connectivity index (χ3n) is 9.73. The fourth-order valence-electron chi connectivity index (χ4n) is 6.02. The Morgan fingerprint density at radius 3 is 2.27 bits per heavy atom. The molecule has 268 valence electrons. The second-order valence-electron chi connectivity index (χ2n) is 14.0. The number of esters is 1. The minimum atomic E-state index is -1.92. The molecule has 49 heavy (non-hydrogen) atoms. The van der Waals surface area contributed by atoms with Crippen molar-refractivity contribution in [2.24, 2.45) is 0 Å². The Kier molecular flexibility index (Phi) is 13.2. The first kappa shape index (κ1) is 38.6. The number of fused-ring (bicyclic) bond motifs is 1. The second-order valence-corrected chi connectivity index (χ2v) is 19.2. The first-order chi connectivity index (χ1) is 23.2. The number of benzene rings is 2. The van der Waals surface area contributed by atoms with Crippen molar-refractivity contribution in [2.45, 2.75) is 91.7 Å². The summed E-state index contributed by atoms with van der Waals surface area (Å²) in [5, 5.41) is 6.55. The van der Waals surface area contributed by atoms with Gasteiger partial charge in [-0.05, 0) is 80.6 Å². The Morgan fingerprint density at radius 2 is 1.63 bits per heavy atom. The van der Waals surface area contributed by atoms with Gasteiger partial charge in [0.25, 0.3) is 0 Å². The normalized spacial score (nSPS) is 12.2. The van der Waals surface area contributed by atoms with Gasteiger partial charge in [-0.15, -0.1) is 0 Å². The van der Waals surface area contributed by atoms with E-state index in [0.717, 1.165) is 56.7 Å². The molecule has 0 saturated heterocycles. The molecule has 0 aliphatic carbocycles. The van der Waals surface area contributed by atoms with E-state index in [4.69, 9.17) is 40.1 Å². The summed E-state index contributed by atoms with van der Waals surface area (Å²) in [6.45, 7) is 18.6. The number of rotatable bonds is 17. The highest BCUT2D eigenvalue weighted by Gasteiger charge is 2.37. The molecule has 0 saturated carbocycles. The summed E-state index contributed by atoms with van der Waals surface area (Å²) in [5.41, 5.74) is 7.14. The highest BCUT2D eigenvalue weighted by Crippen LogP contribution is 2.43. The molecule has 2 aromatic heterocycles. The van der Waals surface area contributed by atoms with E-state index in [2.05, 4.69) is 45.4 Å². The number of carbonyl (C=O) groups excluding carboxylic acids is 1. The maximum absolute atomic E-state index is 13.7. The summed E-state index contributed by atoms with van der Waals surface area (Å²) in [4.78, 5) is 13.7. The molecule has 0 bridgehead atoms. The number of carbonyl (C=O) groups is 1. The van der Waals surface area contributed by atoms with Crippen molar-refractivity contribution in [2.75, 3.05) is 41.2 Å². The van der Waals surface area contributed by atoms with Crippen molar-refractivity contribution in [3.05, 3.63) is 69.6 Å². The zero-order valence-electron chi connectivity index (χ0n) is 31.0. The Morgan fingerprint density at radius 1 is 0.918 bits per heavy atom. The van der Waals surface area contributed by atoms with Gasteiger partial charge in [0.2, 0.25) is 0 Å². The van der Waals surface area contributed by atoms with Crippen LogP contribution in [0.5, 0.6) is 5.75 Å². The van der Waals surface area contributed by atoms with Gasteiger partial charge < -0.3 is 27.9 Å². The Balaban J connectivity index is 1.75. The second kappa shape index (κ2) is 16.7. The molecular weight excluding hydrogens is 658 g/mol. The molecule has 2 aromatic carbocycles. The lowest BCUT2D eigenvalue weighted by atomic mass is 9.98. The van der Waals surface area contributed by atoms with Gasteiger partial charge in [0.1, 0.15) is 11.4 Å². The van der Waals surface area contributed by atoms with Crippen LogP contribution in [0.2, 0.25) is 23.2 Å². The van der Waals surface area contributed by atoms with E-state index in [9.17, 15) is 4.79 Å². The van der Waals surface area contributed by atoms with Crippen LogP contribution in [0.1, 0.15) is 66.6 Å². The van der Waals surface area contributed by atoms with Crippen molar-refractivity contribution >= 4 is 36.8 Å². The summed E-state index contributed by atoms with van der Waals surface area (Å²) in [6.07, 6.45) is 2.10. The summed E-state index contributed by atoms with van der Waals surface area (Å²) >= 11 is 7.09. The highest BCUT2D eigenvalue weighted by molar-refractivity contribution is 6.74. The van der Waals surface area contributed by atoms with Crippen LogP contribution < -0.4 is 4.74 Å². The summed E-state index contributed by atoms with van der Waals surface area (Å²) in [7, 11) is 2.86. The lowest BCUT2D eigenvalue weighted by molar-refractivity contribution is 0.0585. The van der Waals surface area contributed by atoms with Gasteiger partial charge in [0.05, 0.1) is 50.2 Å². The standard InChI is InChI=1S/C38H54ClN3O6Si/c1-26-33(27(2)42(40-26)21-24-44-6)34-32(39)19-18-31-30(13-11-23-48-49(9,10)38(3,4)5)36(37(43)46-8)41(35(31)34)20-12-22-47-25-28-14-16-29(45-7)17-15-28/h14-19H,11-13,20-25H2,1-10H3. The number of halogens is 1. The quantitative estimate of drug-likeness (QED) is 0.0615. The van der Waals surface area contributed by atoms with E-state index < -0.39 is 8.32 Å². The average molecular weight is 712 g/mol. The number of hydrogen-bond acceptors (Lipinski definition) is 7. The first-order valence-corrected chi connectivity index (χ1v) is 20.3. The number of hydrogen-bond donors (Lipinski definition) is 0. The molecule has 0 fully saturated rings. The lowest BCUT2D eigenvalue weighted by Crippen LogP contribution is -2.41. The molecule has 0 aliphatic heterocycles. The van der Waals surface area contributed by atoms with E-state index in [-0.39, 0.29) is 11.0 Å². The minimum absolute atomic E-state index is 0.116. The molecule has 2 heterocycles.